The van der Waals surface area contributed by atoms with Gasteiger partial charge in [-0.05, 0) is 0 Å². The average Bonchev–Trinajstić information content (AvgIpc) is 2.78. The van der Waals surface area contributed by atoms with Gasteiger partial charge in [0.25, 0.3) is 5.91 Å². The summed E-state index contributed by atoms with van der Waals surface area (Å²) in [5, 5.41) is 14.3. The molecule has 1 aromatic heterocycles. The van der Waals surface area contributed by atoms with Crippen LogP contribution in [0, 0.1) is 0 Å². The Morgan fingerprint density at radius 2 is 2.35 bits per heavy atom. The van der Waals surface area contributed by atoms with Crippen molar-refractivity contribution < 1.29 is 66.1 Å². The number of thioether (sulfide) groups is 1. The van der Waals surface area contributed by atoms with Gasteiger partial charge in [-0.1, -0.05) is 0 Å². The number of nitrogens with one attached hydrogen (secondary N) is 1. The van der Waals surface area contributed by atoms with Crippen molar-refractivity contribution in [1.29, 1.82) is 0 Å². The van der Waals surface area contributed by atoms with Gasteiger partial charge in [-0.25, -0.2) is 9.98 Å². The minimum atomic E-state index is -0.688. The third-order valence-electron chi connectivity index (χ3n) is 1.77. The molecule has 0 saturated heterocycles. The molecule has 0 saturated carbocycles. The fraction of sp³-hybridized carbons (Fsp3) is 0.250. The number of hydrogen-bond acceptors (Lipinski definition) is 6. The molecule has 0 radical (unpaired) electrons. The molecule has 1 aliphatic heterocycles. The second-order valence-corrected chi connectivity index (χ2v) is 4.96. The van der Waals surface area contributed by atoms with Crippen molar-refractivity contribution in [2.45, 2.75) is 11.7 Å². The summed E-state index contributed by atoms with van der Waals surface area (Å²) < 4.78 is 0. The summed E-state index contributed by atoms with van der Waals surface area (Å²) in [6.07, 6.45) is 1.51. The van der Waals surface area contributed by atoms with Crippen LogP contribution in [-0.2, 0) is 9.59 Å². The molecule has 2 heterocycles. The van der Waals surface area contributed by atoms with Gasteiger partial charge in [-0.15, -0.1) is 23.1 Å². The maximum Gasteiger partial charge on any atom is 1.00 e. The number of rotatable bonds is 3. The molecule has 2 rings (SSSR count). The average molecular weight is 295 g/mol. The number of thiazole rings is 1. The summed E-state index contributed by atoms with van der Waals surface area (Å²) in [4.78, 5) is 29.7. The minimum absolute atomic E-state index is 0. The minimum Gasteiger partial charge on any atom is -0.854 e. The Labute approximate surface area is 148 Å². The van der Waals surface area contributed by atoms with Crippen LogP contribution in [0.2, 0.25) is 0 Å². The van der Waals surface area contributed by atoms with Gasteiger partial charge < -0.3 is 10.4 Å². The molecule has 6 nitrogen and oxygen atoms in total. The fourth-order valence-electron chi connectivity index (χ4n) is 1.11. The molecule has 1 aromatic rings. The number of anilines is 1. The maximum atomic E-state index is 11.5. The van der Waals surface area contributed by atoms with E-state index in [4.69, 9.17) is 0 Å². The number of aliphatic imine (C=N–C) groups is 1. The van der Waals surface area contributed by atoms with Gasteiger partial charge in [-0.3, -0.25) is 9.59 Å². The first kappa shape index (κ1) is 15.3. The van der Waals surface area contributed by atoms with Crippen LogP contribution < -0.4 is 61.8 Å². The maximum absolute atomic E-state index is 11.5. The second-order valence-electron chi connectivity index (χ2n) is 2.91. The van der Waals surface area contributed by atoms with Gasteiger partial charge in [-0.2, -0.15) is 0 Å². The van der Waals surface area contributed by atoms with Crippen LogP contribution in [-0.4, -0.2) is 27.3 Å². The molecule has 0 aliphatic carbocycles. The van der Waals surface area contributed by atoms with Crippen LogP contribution in [0.1, 0.15) is 6.42 Å². The van der Waals surface area contributed by atoms with Crippen molar-refractivity contribution in [1.82, 2.24) is 4.98 Å². The van der Waals surface area contributed by atoms with Gasteiger partial charge in [0, 0.05) is 23.2 Å². The molecular weight excluding hydrogens is 289 g/mol. The Morgan fingerprint density at radius 3 is 2.88 bits per heavy atom. The Kier molecular flexibility index (Phi) is 6.27. The number of carbonyl (C=O) groups excluding carboxylic acids is 2. The van der Waals surface area contributed by atoms with Crippen LogP contribution >= 0.6 is 23.1 Å². The van der Waals surface area contributed by atoms with Crippen molar-refractivity contribution in [3.63, 3.8) is 0 Å². The van der Waals surface area contributed by atoms with Crippen LogP contribution in [0.3, 0.4) is 0 Å². The molecule has 17 heavy (non-hydrogen) atoms. The van der Waals surface area contributed by atoms with Crippen molar-refractivity contribution in [3.05, 3.63) is 11.6 Å². The van der Waals surface area contributed by atoms with E-state index in [1.165, 1.54) is 11.3 Å². The Hall–Kier alpha value is 0.226. The zero-order valence-corrected chi connectivity index (χ0v) is 13.6. The largest absolute Gasteiger partial charge is 1.00 e. The molecule has 84 valence electrons. The van der Waals surface area contributed by atoms with Crippen molar-refractivity contribution in [2.24, 2.45) is 4.99 Å². The topological polar surface area (TPSA) is 94.5 Å². The molecule has 2 amide bonds. The Balaban J connectivity index is 0.00000144. The quantitative estimate of drug-likeness (QED) is 0.594. The number of aromatic nitrogens is 1. The van der Waals surface area contributed by atoms with Crippen LogP contribution in [0.5, 0.6) is 0 Å². The van der Waals surface area contributed by atoms with Gasteiger partial charge >= 0.3 is 51.4 Å². The van der Waals surface area contributed by atoms with Crippen molar-refractivity contribution >= 4 is 45.3 Å². The molecule has 0 spiro atoms. The molecule has 1 N–H and O–H groups in total. The van der Waals surface area contributed by atoms with E-state index < -0.39 is 16.4 Å². The van der Waals surface area contributed by atoms with E-state index in [1.54, 1.807) is 11.6 Å². The SMILES string of the molecule is O=C(CC1SC([O-])=NC1=O)Nc1nccs1.[K+]. The fourth-order valence-corrected chi connectivity index (χ4v) is 2.43. The van der Waals surface area contributed by atoms with E-state index in [9.17, 15) is 14.7 Å². The zero-order chi connectivity index (χ0) is 11.5. The zero-order valence-electron chi connectivity index (χ0n) is 8.87. The Morgan fingerprint density at radius 1 is 1.59 bits per heavy atom. The van der Waals surface area contributed by atoms with E-state index in [-0.39, 0.29) is 63.7 Å². The molecule has 0 bridgehead atoms. The third-order valence-corrected chi connectivity index (χ3v) is 3.40. The molecule has 0 fully saturated rings. The summed E-state index contributed by atoms with van der Waals surface area (Å²) in [5.41, 5.74) is 0. The normalized spacial score (nSPS) is 18.5. The summed E-state index contributed by atoms with van der Waals surface area (Å²) in [6, 6.07) is 0. The molecular formula is C8H6KN3O3S2. The van der Waals surface area contributed by atoms with E-state index in [1.807, 2.05) is 0 Å². The molecule has 1 aliphatic rings. The van der Waals surface area contributed by atoms with Gasteiger partial charge in [0.05, 0.1) is 5.25 Å². The van der Waals surface area contributed by atoms with Crippen molar-refractivity contribution in [2.75, 3.05) is 5.32 Å². The first-order valence-corrected chi connectivity index (χ1v) is 6.06. The summed E-state index contributed by atoms with van der Waals surface area (Å²) in [6.45, 7) is 0. The number of carbonyl (C=O) groups is 2. The molecule has 9 heteroatoms. The standard InChI is InChI=1S/C8H7N3O3S2.K/c12-5(10-7-9-1-2-15-7)3-4-6(13)11-8(14)16-4;/h1-2,4H,3H2,(H,9,10,12)(H,11,13,14);/q;+1/p-1. The number of hydrogen-bond donors (Lipinski definition) is 1. The third kappa shape index (κ3) is 4.43. The van der Waals surface area contributed by atoms with Crippen LogP contribution in [0.4, 0.5) is 5.13 Å². The van der Waals surface area contributed by atoms with Crippen LogP contribution in [0.15, 0.2) is 16.6 Å². The molecule has 1 atom stereocenters. The predicted octanol–water partition coefficient (Wildman–Crippen LogP) is -3.17. The summed E-state index contributed by atoms with van der Waals surface area (Å²) >= 11 is 2.07. The van der Waals surface area contributed by atoms with Gasteiger partial charge in [0.15, 0.2) is 5.13 Å². The first-order chi connectivity index (χ1) is 7.65. The molecule has 1 unspecified atom stereocenters. The second kappa shape index (κ2) is 6.97. The van der Waals surface area contributed by atoms with Crippen LogP contribution in [0.25, 0.3) is 0 Å². The first-order valence-electron chi connectivity index (χ1n) is 4.30. The van der Waals surface area contributed by atoms with Gasteiger partial charge in [0.2, 0.25) is 5.91 Å². The van der Waals surface area contributed by atoms with Crippen molar-refractivity contribution in [3.8, 4) is 0 Å². The number of nitrogens with zero attached hydrogens (tertiary/aromatic N) is 2. The number of amides is 2. The van der Waals surface area contributed by atoms with E-state index in [0.29, 0.717) is 5.13 Å². The summed E-state index contributed by atoms with van der Waals surface area (Å²) in [5.74, 6) is -0.880. The van der Waals surface area contributed by atoms with E-state index in [0.717, 1.165) is 11.8 Å². The summed E-state index contributed by atoms with van der Waals surface area (Å²) in [7, 11) is 0. The Bertz CT molecular complexity index is 449. The monoisotopic (exact) mass is 295 g/mol. The van der Waals surface area contributed by atoms with E-state index in [2.05, 4.69) is 15.3 Å². The van der Waals surface area contributed by atoms with E-state index >= 15 is 0 Å². The smallest absolute Gasteiger partial charge is 0.854 e. The predicted molar refractivity (Wildman–Crippen MR) is 59.2 cm³/mol. The van der Waals surface area contributed by atoms with Gasteiger partial charge in [0.1, 0.15) is 0 Å². The molecule has 0 aromatic carbocycles.